The summed E-state index contributed by atoms with van der Waals surface area (Å²) in [5.74, 6) is -3.40. The van der Waals surface area contributed by atoms with Crippen LogP contribution in [0.4, 0.5) is 13.2 Å². The number of carbonyl (C=O) groups is 3. The molecule has 0 unspecified atom stereocenters. The van der Waals surface area contributed by atoms with Crippen LogP contribution in [-0.4, -0.2) is 28.9 Å². The van der Waals surface area contributed by atoms with E-state index in [2.05, 4.69) is 10.6 Å². The zero-order valence-electron chi connectivity index (χ0n) is 20.0. The van der Waals surface area contributed by atoms with E-state index in [9.17, 15) is 32.7 Å². The normalized spacial score (nSPS) is 12.7. The first-order valence-electron chi connectivity index (χ1n) is 11.5. The van der Waals surface area contributed by atoms with Crippen molar-refractivity contribution in [2.24, 2.45) is 0 Å². The van der Waals surface area contributed by atoms with Crippen molar-refractivity contribution in [3.05, 3.63) is 112 Å². The fourth-order valence-corrected chi connectivity index (χ4v) is 3.83. The van der Waals surface area contributed by atoms with Crippen LogP contribution >= 0.6 is 11.6 Å². The van der Waals surface area contributed by atoms with Gasteiger partial charge < -0.3 is 20.2 Å². The number of aliphatic carboxylic acids is 1. The largest absolute Gasteiger partial charge is 0.480 e. The number of nitrogens with one attached hydrogen (secondary N) is 2. The smallest absolute Gasteiger partial charge is 0.416 e. The number of carboxylic acids is 1. The summed E-state index contributed by atoms with van der Waals surface area (Å²) in [7, 11) is 0. The third kappa shape index (κ3) is 7.05. The summed E-state index contributed by atoms with van der Waals surface area (Å²) in [6, 6.07) is 17.2. The summed E-state index contributed by atoms with van der Waals surface area (Å²) >= 11 is 5.87. The van der Waals surface area contributed by atoms with Crippen LogP contribution in [0.3, 0.4) is 0 Å². The second kappa shape index (κ2) is 11.4. The Morgan fingerprint density at radius 1 is 0.974 bits per heavy atom. The highest BCUT2D eigenvalue weighted by atomic mass is 35.5. The van der Waals surface area contributed by atoms with Gasteiger partial charge in [-0.1, -0.05) is 54.1 Å². The molecule has 11 heteroatoms. The lowest BCUT2D eigenvalue weighted by Crippen LogP contribution is -2.45. The number of alkyl halides is 3. The third-order valence-corrected chi connectivity index (χ3v) is 5.88. The van der Waals surface area contributed by atoms with Gasteiger partial charge in [0.15, 0.2) is 5.76 Å². The average Bonchev–Trinajstić information content (AvgIpc) is 3.33. The SMILES string of the molecule is O=C(N[C@@H](Cc1ccc(Cl)cc1)C(=O)O)/C(=C\c1cccc(C(F)(F)F)c1)NC(=O)c1cc2ccccc2o1. The van der Waals surface area contributed by atoms with Crippen LogP contribution < -0.4 is 10.6 Å². The molecular formula is C28H20ClF3N2O5. The number of benzene rings is 3. The van der Waals surface area contributed by atoms with Gasteiger partial charge in [-0.05, 0) is 53.6 Å². The maximum Gasteiger partial charge on any atom is 0.416 e. The van der Waals surface area contributed by atoms with Crippen LogP contribution in [0.2, 0.25) is 5.02 Å². The summed E-state index contributed by atoms with van der Waals surface area (Å²) in [5.41, 5.74) is -0.538. The molecule has 4 rings (SSSR count). The van der Waals surface area contributed by atoms with Gasteiger partial charge in [0, 0.05) is 16.8 Å². The Morgan fingerprint density at radius 3 is 2.36 bits per heavy atom. The molecule has 0 aliphatic rings. The highest BCUT2D eigenvalue weighted by molar-refractivity contribution is 6.30. The third-order valence-electron chi connectivity index (χ3n) is 5.62. The van der Waals surface area contributed by atoms with Gasteiger partial charge in [0.1, 0.15) is 17.3 Å². The van der Waals surface area contributed by atoms with E-state index in [0.29, 0.717) is 21.6 Å². The molecule has 0 aliphatic heterocycles. The fourth-order valence-electron chi connectivity index (χ4n) is 3.70. The Balaban J connectivity index is 1.64. The molecule has 39 heavy (non-hydrogen) atoms. The minimum absolute atomic E-state index is 0.0514. The minimum Gasteiger partial charge on any atom is -0.480 e. The molecule has 7 nitrogen and oxygen atoms in total. The minimum atomic E-state index is -4.64. The summed E-state index contributed by atoms with van der Waals surface area (Å²) in [6.45, 7) is 0. The molecule has 0 radical (unpaired) electrons. The first-order chi connectivity index (χ1) is 18.5. The lowest BCUT2D eigenvalue weighted by Gasteiger charge is -2.17. The Morgan fingerprint density at radius 2 is 1.69 bits per heavy atom. The first kappa shape index (κ1) is 27.5. The van der Waals surface area contributed by atoms with Crippen molar-refractivity contribution in [1.29, 1.82) is 0 Å². The van der Waals surface area contributed by atoms with E-state index in [0.717, 1.165) is 24.3 Å². The first-order valence-corrected chi connectivity index (χ1v) is 11.8. The van der Waals surface area contributed by atoms with Crippen molar-refractivity contribution >= 4 is 46.4 Å². The van der Waals surface area contributed by atoms with E-state index in [-0.39, 0.29) is 17.7 Å². The molecule has 1 atom stereocenters. The average molecular weight is 557 g/mol. The monoisotopic (exact) mass is 556 g/mol. The van der Waals surface area contributed by atoms with Crippen LogP contribution in [0.5, 0.6) is 0 Å². The lowest BCUT2D eigenvalue weighted by molar-refractivity contribution is -0.141. The van der Waals surface area contributed by atoms with Crippen molar-refractivity contribution in [1.82, 2.24) is 10.6 Å². The Bertz CT molecular complexity index is 1530. The van der Waals surface area contributed by atoms with Crippen LogP contribution in [-0.2, 0) is 22.2 Å². The maximum atomic E-state index is 13.2. The van der Waals surface area contributed by atoms with Gasteiger partial charge in [-0.2, -0.15) is 13.2 Å². The topological polar surface area (TPSA) is 109 Å². The van der Waals surface area contributed by atoms with Gasteiger partial charge in [-0.25, -0.2) is 4.79 Å². The number of rotatable bonds is 8. The predicted octanol–water partition coefficient (Wildman–Crippen LogP) is 5.69. The van der Waals surface area contributed by atoms with Crippen molar-refractivity contribution in [2.75, 3.05) is 0 Å². The number of carbonyl (C=O) groups excluding carboxylic acids is 2. The van der Waals surface area contributed by atoms with E-state index in [1.54, 1.807) is 48.5 Å². The molecule has 0 spiro atoms. The van der Waals surface area contributed by atoms with E-state index >= 15 is 0 Å². The molecule has 0 fully saturated rings. The van der Waals surface area contributed by atoms with Crippen LogP contribution in [0.25, 0.3) is 17.0 Å². The van der Waals surface area contributed by atoms with Gasteiger partial charge >= 0.3 is 12.1 Å². The quantitative estimate of drug-likeness (QED) is 0.242. The highest BCUT2D eigenvalue weighted by Crippen LogP contribution is 2.30. The highest BCUT2D eigenvalue weighted by Gasteiger charge is 2.30. The molecule has 1 aromatic heterocycles. The second-order valence-electron chi connectivity index (χ2n) is 8.48. The fraction of sp³-hybridized carbons (Fsp3) is 0.107. The molecule has 0 bridgehead atoms. The second-order valence-corrected chi connectivity index (χ2v) is 8.92. The summed E-state index contributed by atoms with van der Waals surface area (Å²) < 4.78 is 45.2. The molecule has 0 aliphatic carbocycles. The number of fused-ring (bicyclic) bond motifs is 1. The summed E-state index contributed by atoms with van der Waals surface area (Å²) in [6.07, 6.45) is -3.74. The standard InChI is InChI=1S/C28H20ClF3N2O5/c29-20-10-8-16(9-11-20)13-22(27(37)38)34-25(35)21(14-17-4-3-6-19(12-17)28(30,31)32)33-26(36)24-15-18-5-1-2-7-23(18)39-24/h1-12,14-15,22H,13H2,(H,33,36)(H,34,35)(H,37,38)/b21-14+/t22-/m0/s1. The van der Waals surface area contributed by atoms with Crippen LogP contribution in [0.15, 0.2) is 89.0 Å². The van der Waals surface area contributed by atoms with Crippen LogP contribution in [0.1, 0.15) is 27.2 Å². The molecule has 200 valence electrons. The molecule has 1 heterocycles. The van der Waals surface area contributed by atoms with Gasteiger partial charge in [-0.15, -0.1) is 0 Å². The number of para-hydroxylation sites is 1. The van der Waals surface area contributed by atoms with Crippen molar-refractivity contribution in [3.8, 4) is 0 Å². The molecule has 0 saturated heterocycles. The van der Waals surface area contributed by atoms with Crippen LogP contribution in [0, 0.1) is 0 Å². The molecular weight excluding hydrogens is 537 g/mol. The Hall–Kier alpha value is -4.57. The van der Waals surface area contributed by atoms with Gasteiger partial charge in [-0.3, -0.25) is 9.59 Å². The molecule has 2 amide bonds. The number of furan rings is 1. The maximum absolute atomic E-state index is 13.2. The van der Waals surface area contributed by atoms with E-state index in [1.807, 2.05) is 0 Å². The lowest BCUT2D eigenvalue weighted by atomic mass is 10.1. The van der Waals surface area contributed by atoms with E-state index in [1.165, 1.54) is 12.1 Å². The summed E-state index contributed by atoms with van der Waals surface area (Å²) in [4.78, 5) is 38.0. The number of carboxylic acid groups (broad SMARTS) is 1. The van der Waals surface area contributed by atoms with E-state index < -0.39 is 41.3 Å². The Kier molecular flexibility index (Phi) is 8.06. The number of hydrogen-bond donors (Lipinski definition) is 3. The van der Waals surface area contributed by atoms with Crippen molar-refractivity contribution in [3.63, 3.8) is 0 Å². The number of amides is 2. The number of hydrogen-bond acceptors (Lipinski definition) is 4. The zero-order chi connectivity index (χ0) is 28.2. The van der Waals surface area contributed by atoms with Gasteiger partial charge in [0.2, 0.25) is 0 Å². The summed E-state index contributed by atoms with van der Waals surface area (Å²) in [5, 5.41) is 15.4. The molecule has 0 saturated carbocycles. The van der Waals surface area contributed by atoms with E-state index in [4.69, 9.17) is 16.0 Å². The van der Waals surface area contributed by atoms with Crippen molar-refractivity contribution in [2.45, 2.75) is 18.6 Å². The predicted molar refractivity (Wildman–Crippen MR) is 138 cm³/mol. The molecule has 4 aromatic rings. The molecule has 3 N–H and O–H groups in total. The Labute approximate surface area is 224 Å². The van der Waals surface area contributed by atoms with Crippen molar-refractivity contribution < 1.29 is 37.1 Å². The zero-order valence-corrected chi connectivity index (χ0v) is 20.7. The number of halogens is 4. The van der Waals surface area contributed by atoms with Gasteiger partial charge in [0.05, 0.1) is 5.56 Å². The molecule has 3 aromatic carbocycles. The van der Waals surface area contributed by atoms with Gasteiger partial charge in [0.25, 0.3) is 11.8 Å².